The summed E-state index contributed by atoms with van der Waals surface area (Å²) in [6.45, 7) is 0.417. The fourth-order valence-electron chi connectivity index (χ4n) is 2.84. The fraction of sp³-hybridized carbons (Fsp3) is 0.136. The van der Waals surface area contributed by atoms with Gasteiger partial charge in [0.25, 0.3) is 5.91 Å². The second-order valence-electron chi connectivity index (χ2n) is 6.69. The molecule has 2 heterocycles. The standard InChI is InChI=1S/C22H18ClFN4O4/c1-30-16-3-2-4-17(10-16)31-12-18-7-8-20(32-18)21(29)26-22-25-13-28(27-22)11-14-5-6-15(24)9-19(14)23/h2-10,13H,11-12H2,1H3,(H,26,27,29). The molecule has 0 spiro atoms. The summed E-state index contributed by atoms with van der Waals surface area (Å²) in [5.41, 5.74) is 0.669. The number of nitrogens with one attached hydrogen (secondary N) is 1. The van der Waals surface area contributed by atoms with Crippen molar-refractivity contribution >= 4 is 23.5 Å². The smallest absolute Gasteiger partial charge is 0.293 e. The number of ether oxygens (including phenoxy) is 2. The molecule has 0 saturated carbocycles. The number of hydrogen-bond donors (Lipinski definition) is 1. The molecule has 0 saturated heterocycles. The average Bonchev–Trinajstić information content (AvgIpc) is 3.44. The zero-order valence-corrected chi connectivity index (χ0v) is 17.7. The number of anilines is 1. The Morgan fingerprint density at radius 1 is 1.19 bits per heavy atom. The maximum absolute atomic E-state index is 13.2. The predicted molar refractivity (Wildman–Crippen MR) is 115 cm³/mol. The SMILES string of the molecule is COc1cccc(OCc2ccc(C(=O)Nc3ncn(Cc4ccc(F)cc4Cl)n3)o2)c1. The minimum Gasteiger partial charge on any atom is -0.497 e. The van der Waals surface area contributed by atoms with E-state index in [1.54, 1.807) is 31.4 Å². The molecular formula is C22H18ClFN4O4. The molecule has 4 rings (SSSR count). The van der Waals surface area contributed by atoms with Crippen molar-refractivity contribution in [3.8, 4) is 11.5 Å². The topological polar surface area (TPSA) is 91.4 Å². The first-order valence-corrected chi connectivity index (χ1v) is 9.88. The molecule has 0 aliphatic carbocycles. The van der Waals surface area contributed by atoms with Crippen molar-refractivity contribution in [2.75, 3.05) is 12.4 Å². The largest absolute Gasteiger partial charge is 0.497 e. The number of furan rings is 1. The van der Waals surface area contributed by atoms with Crippen molar-refractivity contribution in [1.29, 1.82) is 0 Å². The van der Waals surface area contributed by atoms with Gasteiger partial charge in [0.1, 0.15) is 36.0 Å². The number of benzene rings is 2. The second kappa shape index (κ2) is 9.52. The number of amides is 1. The Labute approximate surface area is 187 Å². The lowest BCUT2D eigenvalue weighted by molar-refractivity contribution is 0.0991. The highest BCUT2D eigenvalue weighted by Gasteiger charge is 2.14. The van der Waals surface area contributed by atoms with Gasteiger partial charge in [0, 0.05) is 11.1 Å². The zero-order chi connectivity index (χ0) is 22.5. The van der Waals surface area contributed by atoms with Crippen LogP contribution in [0.1, 0.15) is 21.9 Å². The van der Waals surface area contributed by atoms with Crippen LogP contribution in [0.25, 0.3) is 0 Å². The normalized spacial score (nSPS) is 10.7. The molecule has 164 valence electrons. The van der Waals surface area contributed by atoms with Crippen LogP contribution in [0, 0.1) is 5.82 Å². The first kappa shape index (κ1) is 21.4. The molecule has 0 aliphatic rings. The number of methoxy groups -OCH3 is 1. The molecule has 32 heavy (non-hydrogen) atoms. The molecule has 10 heteroatoms. The van der Waals surface area contributed by atoms with Crippen molar-refractivity contribution < 1.29 is 23.1 Å². The van der Waals surface area contributed by atoms with Crippen molar-refractivity contribution in [1.82, 2.24) is 14.8 Å². The van der Waals surface area contributed by atoms with E-state index in [0.29, 0.717) is 22.8 Å². The Morgan fingerprint density at radius 2 is 2.03 bits per heavy atom. The van der Waals surface area contributed by atoms with Crippen LogP contribution in [0.4, 0.5) is 10.3 Å². The Hall–Kier alpha value is -3.85. The van der Waals surface area contributed by atoms with Gasteiger partial charge in [-0.3, -0.25) is 10.1 Å². The highest BCUT2D eigenvalue weighted by molar-refractivity contribution is 6.31. The van der Waals surface area contributed by atoms with Crippen LogP contribution in [0.2, 0.25) is 5.02 Å². The van der Waals surface area contributed by atoms with Gasteiger partial charge in [0.15, 0.2) is 5.76 Å². The van der Waals surface area contributed by atoms with E-state index in [-0.39, 0.29) is 29.9 Å². The van der Waals surface area contributed by atoms with Crippen LogP contribution in [0.5, 0.6) is 11.5 Å². The van der Waals surface area contributed by atoms with Gasteiger partial charge in [0.2, 0.25) is 5.95 Å². The predicted octanol–water partition coefficient (Wildman–Crippen LogP) is 4.55. The van der Waals surface area contributed by atoms with Crippen LogP contribution < -0.4 is 14.8 Å². The molecule has 0 fully saturated rings. The molecule has 2 aromatic heterocycles. The lowest BCUT2D eigenvalue weighted by Gasteiger charge is -2.06. The van der Waals surface area contributed by atoms with Crippen LogP contribution in [-0.4, -0.2) is 27.8 Å². The molecule has 0 unspecified atom stereocenters. The third kappa shape index (κ3) is 5.25. The monoisotopic (exact) mass is 456 g/mol. The number of nitrogens with zero attached hydrogens (tertiary/aromatic N) is 3. The van der Waals surface area contributed by atoms with Crippen molar-refractivity contribution in [3.05, 3.63) is 88.8 Å². The molecule has 0 atom stereocenters. The molecule has 1 N–H and O–H groups in total. The zero-order valence-electron chi connectivity index (χ0n) is 16.9. The van der Waals surface area contributed by atoms with E-state index >= 15 is 0 Å². The molecule has 2 aromatic carbocycles. The van der Waals surface area contributed by atoms with Gasteiger partial charge in [-0.2, -0.15) is 0 Å². The Morgan fingerprint density at radius 3 is 2.84 bits per heavy atom. The highest BCUT2D eigenvalue weighted by Crippen LogP contribution is 2.21. The molecule has 0 radical (unpaired) electrons. The van der Waals surface area contributed by atoms with Gasteiger partial charge in [-0.05, 0) is 42.0 Å². The Balaban J connectivity index is 1.34. The second-order valence-corrected chi connectivity index (χ2v) is 7.10. The summed E-state index contributed by atoms with van der Waals surface area (Å²) >= 11 is 6.03. The minimum atomic E-state index is -0.504. The first-order chi connectivity index (χ1) is 15.5. The Bertz CT molecular complexity index is 1240. The molecule has 0 aliphatic heterocycles. The number of aromatic nitrogens is 3. The van der Waals surface area contributed by atoms with Crippen molar-refractivity contribution in [3.63, 3.8) is 0 Å². The van der Waals surface area contributed by atoms with Gasteiger partial charge >= 0.3 is 0 Å². The van der Waals surface area contributed by atoms with Gasteiger partial charge in [-0.15, -0.1) is 5.10 Å². The molecule has 0 bridgehead atoms. The summed E-state index contributed by atoms with van der Waals surface area (Å²) in [7, 11) is 1.58. The van der Waals surface area contributed by atoms with Gasteiger partial charge in [0.05, 0.1) is 13.7 Å². The third-order valence-corrected chi connectivity index (χ3v) is 4.77. The number of rotatable bonds is 8. The number of hydrogen-bond acceptors (Lipinski definition) is 6. The number of carbonyl (C=O) groups is 1. The highest BCUT2D eigenvalue weighted by atomic mass is 35.5. The summed E-state index contributed by atoms with van der Waals surface area (Å²) in [5, 5.41) is 7.02. The van der Waals surface area contributed by atoms with E-state index in [9.17, 15) is 9.18 Å². The van der Waals surface area contributed by atoms with Gasteiger partial charge in [-0.25, -0.2) is 14.1 Å². The van der Waals surface area contributed by atoms with Crippen LogP contribution in [-0.2, 0) is 13.2 Å². The summed E-state index contributed by atoms with van der Waals surface area (Å²) in [4.78, 5) is 16.5. The van der Waals surface area contributed by atoms with Crippen molar-refractivity contribution in [2.24, 2.45) is 0 Å². The fourth-order valence-corrected chi connectivity index (χ4v) is 3.07. The Kier molecular flexibility index (Phi) is 6.37. The third-order valence-electron chi connectivity index (χ3n) is 4.42. The number of carbonyl (C=O) groups excluding carboxylic acids is 1. The van der Waals surface area contributed by atoms with Crippen molar-refractivity contribution in [2.45, 2.75) is 13.2 Å². The van der Waals surface area contributed by atoms with E-state index in [4.69, 9.17) is 25.5 Å². The van der Waals surface area contributed by atoms with E-state index in [1.165, 1.54) is 29.2 Å². The van der Waals surface area contributed by atoms with Crippen LogP contribution >= 0.6 is 11.6 Å². The summed E-state index contributed by atoms with van der Waals surface area (Å²) in [5.74, 6) is 1.03. The maximum Gasteiger partial charge on any atom is 0.293 e. The first-order valence-electron chi connectivity index (χ1n) is 9.50. The quantitative estimate of drug-likeness (QED) is 0.418. The van der Waals surface area contributed by atoms with E-state index in [0.717, 1.165) is 0 Å². The summed E-state index contributed by atoms with van der Waals surface area (Å²) in [6.07, 6.45) is 1.44. The average molecular weight is 457 g/mol. The number of halogens is 2. The molecular weight excluding hydrogens is 439 g/mol. The molecule has 8 nitrogen and oxygen atoms in total. The van der Waals surface area contributed by atoms with Gasteiger partial charge < -0.3 is 13.9 Å². The maximum atomic E-state index is 13.2. The van der Waals surface area contributed by atoms with Crippen LogP contribution in [0.3, 0.4) is 0 Å². The van der Waals surface area contributed by atoms with E-state index in [1.807, 2.05) is 12.1 Å². The van der Waals surface area contributed by atoms with Crippen LogP contribution in [0.15, 0.2) is 65.3 Å². The molecule has 4 aromatic rings. The summed E-state index contributed by atoms with van der Waals surface area (Å²) in [6, 6.07) is 14.5. The lowest BCUT2D eigenvalue weighted by atomic mass is 10.2. The summed E-state index contributed by atoms with van der Waals surface area (Å²) < 4.78 is 31.0. The molecule has 1 amide bonds. The van der Waals surface area contributed by atoms with E-state index < -0.39 is 11.7 Å². The minimum absolute atomic E-state index is 0.0900. The van der Waals surface area contributed by atoms with E-state index in [2.05, 4.69) is 15.4 Å². The van der Waals surface area contributed by atoms with Gasteiger partial charge in [-0.1, -0.05) is 23.7 Å². The lowest BCUT2D eigenvalue weighted by Crippen LogP contribution is -2.12.